The van der Waals surface area contributed by atoms with E-state index in [4.69, 9.17) is 11.6 Å². The van der Waals surface area contributed by atoms with E-state index >= 15 is 0 Å². The molecule has 0 aliphatic heterocycles. The zero-order valence-corrected chi connectivity index (χ0v) is 11.1. The molecule has 0 aliphatic carbocycles. The third-order valence-electron chi connectivity index (χ3n) is 2.04. The second-order valence-electron chi connectivity index (χ2n) is 4.08. The standard InChI is InChI=1S/C12H18ClN3O/c1-4-7-14-10-6-5-9(13)11(16-10)12(17)15-8(2)3/h5-6,8H,4,7H2,1-3H3,(H,14,16)(H,15,17). The van der Waals surface area contributed by atoms with E-state index in [9.17, 15) is 4.79 Å². The summed E-state index contributed by atoms with van der Waals surface area (Å²) in [5, 5.41) is 6.26. The number of halogens is 1. The minimum atomic E-state index is -0.245. The fraction of sp³-hybridized carbons (Fsp3) is 0.500. The van der Waals surface area contributed by atoms with Gasteiger partial charge in [0.2, 0.25) is 0 Å². The molecule has 0 bridgehead atoms. The molecule has 1 aromatic rings. The van der Waals surface area contributed by atoms with E-state index in [0.29, 0.717) is 10.8 Å². The average molecular weight is 256 g/mol. The van der Waals surface area contributed by atoms with Crippen LogP contribution in [0.2, 0.25) is 5.02 Å². The molecule has 5 heteroatoms. The van der Waals surface area contributed by atoms with Gasteiger partial charge in [0.05, 0.1) is 5.02 Å². The largest absolute Gasteiger partial charge is 0.370 e. The molecular weight excluding hydrogens is 238 g/mol. The Morgan fingerprint density at radius 2 is 2.18 bits per heavy atom. The number of nitrogens with one attached hydrogen (secondary N) is 2. The van der Waals surface area contributed by atoms with E-state index in [2.05, 4.69) is 22.5 Å². The van der Waals surface area contributed by atoms with Crippen LogP contribution in [0.3, 0.4) is 0 Å². The maximum absolute atomic E-state index is 11.8. The molecule has 0 aromatic carbocycles. The van der Waals surface area contributed by atoms with Crippen LogP contribution in [0.4, 0.5) is 5.82 Å². The van der Waals surface area contributed by atoms with Crippen LogP contribution in [0.25, 0.3) is 0 Å². The van der Waals surface area contributed by atoms with E-state index in [1.54, 1.807) is 12.1 Å². The lowest BCUT2D eigenvalue weighted by atomic mass is 10.3. The zero-order valence-electron chi connectivity index (χ0n) is 10.4. The van der Waals surface area contributed by atoms with Gasteiger partial charge in [0.15, 0.2) is 0 Å². The monoisotopic (exact) mass is 255 g/mol. The van der Waals surface area contributed by atoms with Crippen molar-refractivity contribution in [2.24, 2.45) is 0 Å². The number of hydrogen-bond acceptors (Lipinski definition) is 3. The lowest BCUT2D eigenvalue weighted by molar-refractivity contribution is 0.0938. The van der Waals surface area contributed by atoms with E-state index in [0.717, 1.165) is 13.0 Å². The van der Waals surface area contributed by atoms with Gasteiger partial charge in [0, 0.05) is 12.6 Å². The number of anilines is 1. The molecule has 0 atom stereocenters. The highest BCUT2D eigenvalue weighted by molar-refractivity contribution is 6.33. The molecule has 0 saturated heterocycles. The Kier molecular flexibility index (Phi) is 5.22. The zero-order chi connectivity index (χ0) is 12.8. The topological polar surface area (TPSA) is 54.0 Å². The summed E-state index contributed by atoms with van der Waals surface area (Å²) in [5.41, 5.74) is 0.265. The fourth-order valence-electron chi connectivity index (χ4n) is 1.28. The molecule has 0 unspecified atom stereocenters. The van der Waals surface area contributed by atoms with E-state index in [1.807, 2.05) is 13.8 Å². The number of pyridine rings is 1. The van der Waals surface area contributed by atoms with Gasteiger partial charge >= 0.3 is 0 Å². The smallest absolute Gasteiger partial charge is 0.271 e. The highest BCUT2D eigenvalue weighted by Crippen LogP contribution is 2.16. The molecule has 0 aliphatic rings. The van der Waals surface area contributed by atoms with Gasteiger partial charge in [0.25, 0.3) is 5.91 Å². The van der Waals surface area contributed by atoms with Crippen molar-refractivity contribution in [1.82, 2.24) is 10.3 Å². The predicted molar refractivity (Wildman–Crippen MR) is 70.6 cm³/mol. The number of carbonyl (C=O) groups excluding carboxylic acids is 1. The highest BCUT2D eigenvalue weighted by Gasteiger charge is 2.13. The quantitative estimate of drug-likeness (QED) is 0.851. The van der Waals surface area contributed by atoms with Crippen LogP contribution in [-0.2, 0) is 0 Å². The van der Waals surface area contributed by atoms with Gasteiger partial charge < -0.3 is 10.6 Å². The number of aromatic nitrogens is 1. The lowest BCUT2D eigenvalue weighted by Crippen LogP contribution is -2.31. The normalized spacial score (nSPS) is 10.4. The van der Waals surface area contributed by atoms with Gasteiger partial charge in [0.1, 0.15) is 11.5 Å². The Morgan fingerprint density at radius 1 is 1.47 bits per heavy atom. The molecular formula is C12H18ClN3O. The summed E-state index contributed by atoms with van der Waals surface area (Å²) >= 11 is 5.96. The number of carbonyl (C=O) groups is 1. The number of nitrogens with zero attached hydrogens (tertiary/aromatic N) is 1. The second-order valence-corrected chi connectivity index (χ2v) is 4.49. The Balaban J connectivity index is 2.86. The Morgan fingerprint density at radius 3 is 2.76 bits per heavy atom. The summed E-state index contributed by atoms with van der Waals surface area (Å²) in [4.78, 5) is 16.0. The van der Waals surface area contributed by atoms with Gasteiger partial charge in [-0.2, -0.15) is 0 Å². The number of hydrogen-bond donors (Lipinski definition) is 2. The molecule has 0 saturated carbocycles. The van der Waals surface area contributed by atoms with Crippen LogP contribution in [0, 0.1) is 0 Å². The van der Waals surface area contributed by atoms with Gasteiger partial charge in [-0.15, -0.1) is 0 Å². The van der Waals surface area contributed by atoms with Crippen LogP contribution in [0.15, 0.2) is 12.1 Å². The van der Waals surface area contributed by atoms with Crippen LogP contribution < -0.4 is 10.6 Å². The van der Waals surface area contributed by atoms with Gasteiger partial charge in [-0.3, -0.25) is 4.79 Å². The molecule has 17 heavy (non-hydrogen) atoms. The lowest BCUT2D eigenvalue weighted by Gasteiger charge is -2.10. The van der Waals surface area contributed by atoms with Gasteiger partial charge in [-0.05, 0) is 32.4 Å². The van der Waals surface area contributed by atoms with Crippen LogP contribution in [0.1, 0.15) is 37.7 Å². The Bertz CT molecular complexity index is 393. The molecule has 0 spiro atoms. The third-order valence-corrected chi connectivity index (χ3v) is 2.34. The van der Waals surface area contributed by atoms with E-state index < -0.39 is 0 Å². The fourth-order valence-corrected chi connectivity index (χ4v) is 1.47. The molecule has 0 radical (unpaired) electrons. The summed E-state index contributed by atoms with van der Waals surface area (Å²) in [5.74, 6) is 0.426. The minimum Gasteiger partial charge on any atom is -0.370 e. The molecule has 1 aromatic heterocycles. The van der Waals surface area contributed by atoms with E-state index in [1.165, 1.54) is 0 Å². The SMILES string of the molecule is CCCNc1ccc(Cl)c(C(=O)NC(C)C)n1. The van der Waals surface area contributed by atoms with Gasteiger partial charge in [-0.25, -0.2) is 4.98 Å². The molecule has 94 valence electrons. The van der Waals surface area contributed by atoms with Gasteiger partial charge in [-0.1, -0.05) is 18.5 Å². The molecule has 2 N–H and O–H groups in total. The molecule has 0 fully saturated rings. The third kappa shape index (κ3) is 4.23. The average Bonchev–Trinajstić information content (AvgIpc) is 2.27. The second kappa shape index (κ2) is 6.45. The summed E-state index contributed by atoms with van der Waals surface area (Å²) in [6.07, 6.45) is 0.998. The van der Waals surface area contributed by atoms with Crippen molar-refractivity contribution in [2.75, 3.05) is 11.9 Å². The van der Waals surface area contributed by atoms with Crippen molar-refractivity contribution in [3.05, 3.63) is 22.8 Å². The number of rotatable bonds is 5. The van der Waals surface area contributed by atoms with Crippen molar-refractivity contribution in [3.8, 4) is 0 Å². The highest BCUT2D eigenvalue weighted by atomic mass is 35.5. The summed E-state index contributed by atoms with van der Waals surface area (Å²) in [6.45, 7) is 6.67. The molecule has 1 heterocycles. The minimum absolute atomic E-state index is 0.0626. The molecule has 4 nitrogen and oxygen atoms in total. The first kappa shape index (κ1) is 13.8. The maximum atomic E-state index is 11.8. The van der Waals surface area contributed by atoms with E-state index in [-0.39, 0.29) is 17.6 Å². The summed E-state index contributed by atoms with van der Waals surface area (Å²) < 4.78 is 0. The van der Waals surface area contributed by atoms with Crippen LogP contribution >= 0.6 is 11.6 Å². The van der Waals surface area contributed by atoms with Crippen molar-refractivity contribution >= 4 is 23.3 Å². The van der Waals surface area contributed by atoms with Crippen molar-refractivity contribution < 1.29 is 4.79 Å². The first-order chi connectivity index (χ1) is 8.04. The predicted octanol–water partition coefficient (Wildman–Crippen LogP) is 2.70. The van der Waals surface area contributed by atoms with Crippen molar-refractivity contribution in [3.63, 3.8) is 0 Å². The Labute approximate surface area is 107 Å². The van der Waals surface area contributed by atoms with Crippen LogP contribution in [0.5, 0.6) is 0 Å². The molecule has 1 rings (SSSR count). The molecule has 1 amide bonds. The van der Waals surface area contributed by atoms with Crippen LogP contribution in [-0.4, -0.2) is 23.5 Å². The number of amides is 1. The summed E-state index contributed by atoms with van der Waals surface area (Å²) in [6, 6.07) is 3.51. The van der Waals surface area contributed by atoms with Crippen molar-refractivity contribution in [2.45, 2.75) is 33.2 Å². The first-order valence-electron chi connectivity index (χ1n) is 5.76. The maximum Gasteiger partial charge on any atom is 0.271 e. The Hall–Kier alpha value is -1.29. The summed E-state index contributed by atoms with van der Waals surface area (Å²) in [7, 11) is 0. The van der Waals surface area contributed by atoms with Crippen molar-refractivity contribution in [1.29, 1.82) is 0 Å². The first-order valence-corrected chi connectivity index (χ1v) is 6.13.